The average molecular weight is 158 g/mol. The summed E-state index contributed by atoms with van der Waals surface area (Å²) >= 11 is 0. The second-order valence-corrected chi connectivity index (χ2v) is 2.33. The van der Waals surface area contributed by atoms with Crippen LogP contribution in [0.3, 0.4) is 0 Å². The molecule has 12 heavy (non-hydrogen) atoms. The molecule has 0 aliphatic rings. The van der Waals surface area contributed by atoms with Crippen LogP contribution in [0.15, 0.2) is 35.7 Å². The monoisotopic (exact) mass is 158 g/mol. The van der Waals surface area contributed by atoms with Gasteiger partial charge in [0.2, 0.25) is 0 Å². The normalized spacial score (nSPS) is 10.0. The molecule has 2 rings (SSSR count). The molecule has 0 aliphatic heterocycles. The number of rotatable bonds is 1. The summed E-state index contributed by atoms with van der Waals surface area (Å²) < 4.78 is 0. The van der Waals surface area contributed by atoms with E-state index in [0.717, 1.165) is 10.9 Å². The molecule has 0 saturated carbocycles. The molecule has 0 fully saturated rings. The van der Waals surface area contributed by atoms with Gasteiger partial charge in [-0.2, -0.15) is 0 Å². The number of hydrogen-bond donors (Lipinski definition) is 1. The van der Waals surface area contributed by atoms with Crippen molar-refractivity contribution in [3.8, 4) is 0 Å². The van der Waals surface area contributed by atoms with Crippen LogP contribution in [0.5, 0.6) is 0 Å². The molecule has 0 aliphatic carbocycles. The maximum atomic E-state index is 6.86. The molecular formula is C8H6N4. The molecule has 2 aromatic rings. The summed E-state index contributed by atoms with van der Waals surface area (Å²) in [6, 6.07) is 7.48. The second kappa shape index (κ2) is 2.65. The number of fused-ring (bicyclic) bond motifs is 1. The van der Waals surface area contributed by atoms with Crippen LogP contribution in [-0.4, -0.2) is 9.97 Å². The van der Waals surface area contributed by atoms with Crippen molar-refractivity contribution >= 4 is 16.7 Å². The van der Waals surface area contributed by atoms with Gasteiger partial charge in [-0.25, -0.2) is 15.5 Å². The van der Waals surface area contributed by atoms with Crippen LogP contribution >= 0.6 is 0 Å². The first-order chi connectivity index (χ1) is 5.92. The Morgan fingerprint density at radius 1 is 1.17 bits per heavy atom. The maximum absolute atomic E-state index is 6.86. The molecule has 0 unspecified atom stereocenters. The third kappa shape index (κ3) is 0.934. The van der Waals surface area contributed by atoms with Crippen LogP contribution in [0.2, 0.25) is 0 Å². The van der Waals surface area contributed by atoms with Crippen molar-refractivity contribution in [3.05, 3.63) is 30.6 Å². The Morgan fingerprint density at radius 2 is 2.00 bits per heavy atom. The fourth-order valence-electron chi connectivity index (χ4n) is 1.08. The van der Waals surface area contributed by atoms with Crippen molar-refractivity contribution in [2.45, 2.75) is 0 Å². The molecule has 58 valence electrons. The lowest BCUT2D eigenvalue weighted by atomic mass is 10.2. The van der Waals surface area contributed by atoms with Gasteiger partial charge < -0.3 is 0 Å². The number of aromatic nitrogens is 2. The van der Waals surface area contributed by atoms with Gasteiger partial charge >= 0.3 is 0 Å². The van der Waals surface area contributed by atoms with Gasteiger partial charge in [-0.3, -0.25) is 0 Å². The van der Waals surface area contributed by atoms with Crippen LogP contribution in [0.4, 0.5) is 5.82 Å². The molecule has 0 atom stereocenters. The van der Waals surface area contributed by atoms with Crippen LogP contribution in [0.1, 0.15) is 0 Å². The number of para-hydroxylation sites is 1. The fraction of sp³-hybridized carbons (Fsp3) is 0. The number of nitrogens with one attached hydrogen (secondary N) is 1. The first-order valence-corrected chi connectivity index (χ1v) is 3.49. The average Bonchev–Trinajstić information content (AvgIpc) is 2.17. The molecule has 1 aromatic carbocycles. The van der Waals surface area contributed by atoms with E-state index in [-0.39, 0.29) is 0 Å². The Morgan fingerprint density at radius 3 is 2.83 bits per heavy atom. The van der Waals surface area contributed by atoms with Gasteiger partial charge in [0.15, 0.2) is 5.82 Å². The molecule has 0 radical (unpaired) electrons. The van der Waals surface area contributed by atoms with Gasteiger partial charge in [-0.1, -0.05) is 12.1 Å². The van der Waals surface area contributed by atoms with Crippen LogP contribution < -0.4 is 0 Å². The molecule has 0 bridgehead atoms. The topological polar surface area (TPSA) is 62.0 Å². The van der Waals surface area contributed by atoms with Crippen molar-refractivity contribution in [2.24, 2.45) is 5.11 Å². The smallest absolute Gasteiger partial charge is 0.184 e. The van der Waals surface area contributed by atoms with Gasteiger partial charge in [0, 0.05) is 5.39 Å². The summed E-state index contributed by atoms with van der Waals surface area (Å²) in [7, 11) is 0. The van der Waals surface area contributed by atoms with E-state index in [1.807, 2.05) is 24.3 Å². The highest BCUT2D eigenvalue weighted by Gasteiger charge is 1.98. The molecule has 1 heterocycles. The summed E-state index contributed by atoms with van der Waals surface area (Å²) in [4.78, 5) is 7.90. The first kappa shape index (κ1) is 6.84. The molecule has 1 aromatic heterocycles. The van der Waals surface area contributed by atoms with E-state index in [1.54, 1.807) is 0 Å². The summed E-state index contributed by atoms with van der Waals surface area (Å²) in [5.74, 6) is 0.417. The minimum absolute atomic E-state index is 0.417. The second-order valence-electron chi connectivity index (χ2n) is 2.33. The highest BCUT2D eigenvalue weighted by Crippen LogP contribution is 2.19. The summed E-state index contributed by atoms with van der Waals surface area (Å²) in [6.07, 6.45) is 1.41. The molecule has 0 spiro atoms. The lowest BCUT2D eigenvalue weighted by molar-refractivity contribution is 1.08. The van der Waals surface area contributed by atoms with Gasteiger partial charge in [0.05, 0.1) is 5.52 Å². The molecule has 1 N–H and O–H groups in total. The van der Waals surface area contributed by atoms with Crippen molar-refractivity contribution in [2.75, 3.05) is 0 Å². The van der Waals surface area contributed by atoms with Gasteiger partial charge in [0.1, 0.15) is 6.33 Å². The molecule has 0 saturated heterocycles. The SMILES string of the molecule is N=Nc1ncnc2ccccc12. The summed E-state index contributed by atoms with van der Waals surface area (Å²) in [6.45, 7) is 0. The molecule has 4 nitrogen and oxygen atoms in total. The Kier molecular flexibility index (Phi) is 1.51. The number of nitrogens with zero attached hydrogens (tertiary/aromatic N) is 3. The minimum Gasteiger partial charge on any atom is -0.236 e. The van der Waals surface area contributed by atoms with E-state index in [2.05, 4.69) is 15.1 Å². The van der Waals surface area contributed by atoms with Gasteiger partial charge in [-0.05, 0) is 12.1 Å². The van der Waals surface area contributed by atoms with Gasteiger partial charge in [0.25, 0.3) is 0 Å². The van der Waals surface area contributed by atoms with E-state index in [9.17, 15) is 0 Å². The van der Waals surface area contributed by atoms with E-state index in [0.29, 0.717) is 5.82 Å². The lowest BCUT2D eigenvalue weighted by Crippen LogP contribution is -1.80. The predicted molar refractivity (Wildman–Crippen MR) is 44.3 cm³/mol. The van der Waals surface area contributed by atoms with Crippen molar-refractivity contribution < 1.29 is 0 Å². The van der Waals surface area contributed by atoms with E-state index in [1.165, 1.54) is 6.33 Å². The van der Waals surface area contributed by atoms with Crippen LogP contribution in [0, 0.1) is 5.53 Å². The number of benzene rings is 1. The standard InChI is InChI=1S/C8H6N4/c9-12-8-6-3-1-2-4-7(6)10-5-11-8/h1-5,9H. The Balaban J connectivity index is 2.88. The van der Waals surface area contributed by atoms with Crippen LogP contribution in [0.25, 0.3) is 10.9 Å². The third-order valence-corrected chi connectivity index (χ3v) is 1.63. The van der Waals surface area contributed by atoms with E-state index < -0.39 is 0 Å². The zero-order valence-electron chi connectivity index (χ0n) is 6.23. The van der Waals surface area contributed by atoms with Crippen molar-refractivity contribution in [1.82, 2.24) is 9.97 Å². The Labute approximate surface area is 68.8 Å². The Bertz CT molecular complexity index is 419. The van der Waals surface area contributed by atoms with Crippen molar-refractivity contribution in [3.63, 3.8) is 0 Å². The number of hydrogen-bond acceptors (Lipinski definition) is 4. The highest BCUT2D eigenvalue weighted by molar-refractivity contribution is 5.86. The molecule has 4 heteroatoms. The minimum atomic E-state index is 0.417. The zero-order chi connectivity index (χ0) is 8.39. The fourth-order valence-corrected chi connectivity index (χ4v) is 1.08. The molecular weight excluding hydrogens is 152 g/mol. The highest BCUT2D eigenvalue weighted by atomic mass is 15.1. The van der Waals surface area contributed by atoms with Crippen LogP contribution in [-0.2, 0) is 0 Å². The summed E-state index contributed by atoms with van der Waals surface area (Å²) in [5.41, 5.74) is 7.68. The van der Waals surface area contributed by atoms with E-state index in [4.69, 9.17) is 5.53 Å². The summed E-state index contributed by atoms with van der Waals surface area (Å²) in [5, 5.41) is 4.11. The largest absolute Gasteiger partial charge is 0.236 e. The van der Waals surface area contributed by atoms with E-state index >= 15 is 0 Å². The van der Waals surface area contributed by atoms with Crippen molar-refractivity contribution in [1.29, 1.82) is 5.53 Å². The third-order valence-electron chi connectivity index (χ3n) is 1.63. The first-order valence-electron chi connectivity index (χ1n) is 3.49. The molecule has 0 amide bonds. The Hall–Kier alpha value is -1.84. The predicted octanol–water partition coefficient (Wildman–Crippen LogP) is 2.29. The maximum Gasteiger partial charge on any atom is 0.184 e. The quantitative estimate of drug-likeness (QED) is 0.647. The van der Waals surface area contributed by atoms with Gasteiger partial charge in [-0.15, -0.1) is 5.11 Å². The lowest BCUT2D eigenvalue weighted by Gasteiger charge is -1.96. The zero-order valence-corrected chi connectivity index (χ0v) is 6.23.